The van der Waals surface area contributed by atoms with Crippen molar-refractivity contribution in [1.82, 2.24) is 0 Å². The van der Waals surface area contributed by atoms with Gasteiger partial charge in [0.05, 0.1) is 0 Å². The molecule has 0 atom stereocenters. The molecule has 0 spiro atoms. The Kier molecular flexibility index (Phi) is 19.7. The minimum atomic E-state index is -0.699. The van der Waals surface area contributed by atoms with Crippen LogP contribution in [-0.4, -0.2) is 11.1 Å². The van der Waals surface area contributed by atoms with Crippen LogP contribution in [-0.2, 0) is 4.79 Å². The number of aliphatic carboxylic acids is 1. The Labute approximate surface area is 161 Å². The molecule has 0 saturated heterocycles. The fourth-order valence-electron chi connectivity index (χ4n) is 2.37. The van der Waals surface area contributed by atoms with Gasteiger partial charge in [0.1, 0.15) is 0 Å². The normalized spacial score (nSPS) is 12.7. The highest BCUT2D eigenvalue weighted by atomic mass is 16.4. The second-order valence-electron chi connectivity index (χ2n) is 6.44. The SMILES string of the molecule is CCCCCC=CCC=CCC=CCC=CC/C=C\CCCCC(=O)O. The van der Waals surface area contributed by atoms with Gasteiger partial charge in [-0.1, -0.05) is 80.5 Å². The van der Waals surface area contributed by atoms with Crippen molar-refractivity contribution < 1.29 is 9.90 Å². The fourth-order valence-corrected chi connectivity index (χ4v) is 2.37. The second kappa shape index (κ2) is 21.2. The molecular weight excluding hydrogens is 320 g/mol. The molecule has 0 aromatic rings. The summed E-state index contributed by atoms with van der Waals surface area (Å²) < 4.78 is 0. The molecule has 0 unspecified atom stereocenters. The monoisotopic (exact) mass is 358 g/mol. The van der Waals surface area contributed by atoms with Crippen molar-refractivity contribution in [2.75, 3.05) is 0 Å². The van der Waals surface area contributed by atoms with E-state index in [0.717, 1.165) is 44.9 Å². The van der Waals surface area contributed by atoms with Crippen LogP contribution in [0.1, 0.15) is 84.0 Å². The summed E-state index contributed by atoms with van der Waals surface area (Å²) in [7, 11) is 0. The van der Waals surface area contributed by atoms with Crippen LogP contribution in [0.4, 0.5) is 0 Å². The van der Waals surface area contributed by atoms with Crippen LogP contribution in [0.5, 0.6) is 0 Å². The summed E-state index contributed by atoms with van der Waals surface area (Å²) in [5.41, 5.74) is 0. The molecule has 0 fully saturated rings. The molecule has 0 aliphatic rings. The molecule has 0 aromatic carbocycles. The molecule has 0 aliphatic heterocycles. The first kappa shape index (κ1) is 24.2. The van der Waals surface area contributed by atoms with Gasteiger partial charge in [-0.15, -0.1) is 0 Å². The van der Waals surface area contributed by atoms with Crippen molar-refractivity contribution in [1.29, 1.82) is 0 Å². The number of allylic oxidation sites excluding steroid dienone is 10. The van der Waals surface area contributed by atoms with Gasteiger partial charge in [-0.05, 0) is 57.8 Å². The summed E-state index contributed by atoms with van der Waals surface area (Å²) in [6.07, 6.45) is 34.2. The van der Waals surface area contributed by atoms with E-state index >= 15 is 0 Å². The van der Waals surface area contributed by atoms with E-state index in [0.29, 0.717) is 0 Å². The van der Waals surface area contributed by atoms with Crippen LogP contribution in [0, 0.1) is 0 Å². The number of carboxylic acids is 1. The largest absolute Gasteiger partial charge is 0.481 e. The minimum Gasteiger partial charge on any atom is -0.481 e. The second-order valence-corrected chi connectivity index (χ2v) is 6.44. The lowest BCUT2D eigenvalue weighted by molar-refractivity contribution is -0.137. The topological polar surface area (TPSA) is 37.3 Å². The Hall–Kier alpha value is -1.83. The molecule has 0 heterocycles. The maximum Gasteiger partial charge on any atom is 0.303 e. The molecule has 2 nitrogen and oxygen atoms in total. The predicted octanol–water partition coefficient (Wildman–Crippen LogP) is 7.55. The van der Waals surface area contributed by atoms with E-state index in [1.54, 1.807) is 0 Å². The maximum atomic E-state index is 10.4. The molecule has 0 bridgehead atoms. The van der Waals surface area contributed by atoms with Gasteiger partial charge in [0.2, 0.25) is 0 Å². The number of hydrogen-bond donors (Lipinski definition) is 1. The lowest BCUT2D eigenvalue weighted by atomic mass is 10.2. The number of hydrogen-bond acceptors (Lipinski definition) is 1. The highest BCUT2D eigenvalue weighted by molar-refractivity contribution is 5.66. The molecule has 2 heteroatoms. The van der Waals surface area contributed by atoms with Gasteiger partial charge in [-0.3, -0.25) is 4.79 Å². The Morgan fingerprint density at radius 3 is 1.38 bits per heavy atom. The average Bonchev–Trinajstić information content (AvgIpc) is 2.62. The van der Waals surface area contributed by atoms with Crippen LogP contribution in [0.2, 0.25) is 0 Å². The number of carboxylic acid groups (broad SMARTS) is 1. The maximum absolute atomic E-state index is 10.4. The first-order chi connectivity index (χ1) is 12.8. The van der Waals surface area contributed by atoms with E-state index in [1.165, 1.54) is 25.7 Å². The van der Waals surface area contributed by atoms with E-state index in [2.05, 4.69) is 67.7 Å². The third kappa shape index (κ3) is 22.2. The van der Waals surface area contributed by atoms with Gasteiger partial charge in [-0.25, -0.2) is 0 Å². The van der Waals surface area contributed by atoms with Gasteiger partial charge in [0, 0.05) is 6.42 Å². The zero-order chi connectivity index (χ0) is 19.1. The zero-order valence-electron chi connectivity index (χ0n) is 16.6. The Balaban J connectivity index is 3.44. The fraction of sp³-hybridized carbons (Fsp3) is 0.542. The summed E-state index contributed by atoms with van der Waals surface area (Å²) in [5, 5.41) is 8.53. The third-order valence-electron chi connectivity index (χ3n) is 3.91. The van der Waals surface area contributed by atoms with Crippen LogP contribution < -0.4 is 0 Å². The van der Waals surface area contributed by atoms with Crippen LogP contribution in [0.3, 0.4) is 0 Å². The molecule has 1 N–H and O–H groups in total. The van der Waals surface area contributed by atoms with Gasteiger partial charge in [0.15, 0.2) is 0 Å². The lowest BCUT2D eigenvalue weighted by Crippen LogP contribution is -1.92. The van der Waals surface area contributed by atoms with E-state index in [-0.39, 0.29) is 6.42 Å². The predicted molar refractivity (Wildman–Crippen MR) is 114 cm³/mol. The summed E-state index contributed by atoms with van der Waals surface area (Å²) in [6.45, 7) is 2.24. The van der Waals surface area contributed by atoms with Crippen molar-refractivity contribution in [3.63, 3.8) is 0 Å². The molecule has 146 valence electrons. The van der Waals surface area contributed by atoms with Crippen molar-refractivity contribution in [3.8, 4) is 0 Å². The summed E-state index contributed by atoms with van der Waals surface area (Å²) in [4.78, 5) is 10.4. The Bertz CT molecular complexity index is 453. The molecule has 0 radical (unpaired) electrons. The number of rotatable bonds is 17. The van der Waals surface area contributed by atoms with Gasteiger partial charge in [-0.2, -0.15) is 0 Å². The zero-order valence-corrected chi connectivity index (χ0v) is 16.6. The third-order valence-corrected chi connectivity index (χ3v) is 3.91. The molecule has 0 rings (SSSR count). The highest BCUT2D eigenvalue weighted by Gasteiger charge is 1.93. The lowest BCUT2D eigenvalue weighted by Gasteiger charge is -1.92. The van der Waals surface area contributed by atoms with Gasteiger partial charge >= 0.3 is 5.97 Å². The van der Waals surface area contributed by atoms with Crippen molar-refractivity contribution in [2.45, 2.75) is 84.0 Å². The summed E-state index contributed by atoms with van der Waals surface area (Å²) >= 11 is 0. The minimum absolute atomic E-state index is 0.283. The first-order valence-electron chi connectivity index (χ1n) is 10.2. The molecular formula is C24H38O2. The first-order valence-corrected chi connectivity index (χ1v) is 10.2. The van der Waals surface area contributed by atoms with Gasteiger partial charge in [0.25, 0.3) is 0 Å². The summed E-state index contributed by atoms with van der Waals surface area (Å²) in [6, 6.07) is 0. The number of carbonyl (C=O) groups is 1. The van der Waals surface area contributed by atoms with Gasteiger partial charge < -0.3 is 5.11 Å². The Morgan fingerprint density at radius 2 is 1.00 bits per heavy atom. The van der Waals surface area contributed by atoms with Crippen LogP contribution >= 0.6 is 0 Å². The quantitative estimate of drug-likeness (QED) is 0.215. The Morgan fingerprint density at radius 1 is 0.615 bits per heavy atom. The molecule has 0 amide bonds. The molecule has 26 heavy (non-hydrogen) atoms. The molecule has 0 aliphatic carbocycles. The van der Waals surface area contributed by atoms with Crippen molar-refractivity contribution >= 4 is 5.97 Å². The van der Waals surface area contributed by atoms with E-state index in [1.807, 2.05) is 0 Å². The van der Waals surface area contributed by atoms with E-state index in [4.69, 9.17) is 5.11 Å². The highest BCUT2D eigenvalue weighted by Crippen LogP contribution is 2.02. The summed E-state index contributed by atoms with van der Waals surface area (Å²) in [5.74, 6) is -0.699. The molecule has 0 saturated carbocycles. The van der Waals surface area contributed by atoms with Crippen LogP contribution in [0.15, 0.2) is 60.8 Å². The van der Waals surface area contributed by atoms with Crippen molar-refractivity contribution in [2.24, 2.45) is 0 Å². The number of unbranched alkanes of at least 4 members (excludes halogenated alkanes) is 5. The standard InChI is InChI=1S/C24H38O2/c1-2-3-4-5-6-7-8-9-10-11-12-13-14-15-16-17-18-19-20-21-22-23-24(25)26/h6-7,9-10,12-13,15-16,18-19H,2-5,8,11,14,17,20-23H2,1H3,(H,25,26)/b7-6?,10-9?,13-12?,16-15?,19-18-. The van der Waals surface area contributed by atoms with Crippen LogP contribution in [0.25, 0.3) is 0 Å². The van der Waals surface area contributed by atoms with E-state index < -0.39 is 5.97 Å². The molecule has 0 aromatic heterocycles. The van der Waals surface area contributed by atoms with E-state index in [9.17, 15) is 4.79 Å². The van der Waals surface area contributed by atoms with Crippen molar-refractivity contribution in [3.05, 3.63) is 60.8 Å². The smallest absolute Gasteiger partial charge is 0.303 e. The average molecular weight is 359 g/mol.